The smallest absolute Gasteiger partial charge is 0.178 e. The van der Waals surface area contributed by atoms with Crippen LogP contribution in [0.3, 0.4) is 0 Å². The second-order valence-electron chi connectivity index (χ2n) is 23.7. The Kier molecular flexibility index (Phi) is 11.5. The fraction of sp³-hybridized carbons (Fsp3) is 0.254. The Morgan fingerprint density at radius 1 is 0.408 bits per heavy atom. The van der Waals surface area contributed by atoms with E-state index in [1.54, 1.807) is 0 Å². The largest absolute Gasteiger partial charge is 0.452 e. The van der Waals surface area contributed by atoms with Crippen LogP contribution in [0.5, 0.6) is 0 Å². The van der Waals surface area contributed by atoms with Crippen LogP contribution in [-0.2, 0) is 21.7 Å². The third kappa shape index (κ3) is 8.95. The van der Waals surface area contributed by atoms with Gasteiger partial charge in [0.1, 0.15) is 11.2 Å². The summed E-state index contributed by atoms with van der Waals surface area (Å²) in [6.07, 6.45) is 4.18. The number of hydrogen-bond donors (Lipinski definition) is 0. The predicted molar refractivity (Wildman–Crippen MR) is 306 cm³/mol. The average Bonchev–Trinajstić information content (AvgIpc) is 3.87. The van der Waals surface area contributed by atoms with E-state index in [0.717, 1.165) is 99.9 Å². The van der Waals surface area contributed by atoms with Crippen LogP contribution in [-0.4, -0.2) is 0 Å². The second-order valence-corrected chi connectivity index (χ2v) is 23.7. The lowest BCUT2D eigenvalue weighted by Gasteiger charge is -2.29. The molecule has 0 fully saturated rings. The van der Waals surface area contributed by atoms with Gasteiger partial charge in [-0.25, -0.2) is 0 Å². The highest BCUT2D eigenvalue weighted by atomic mass is 16.4. The average molecular weight is 933 g/mol. The summed E-state index contributed by atoms with van der Waals surface area (Å²) >= 11 is 0. The van der Waals surface area contributed by atoms with Crippen molar-refractivity contribution in [2.75, 3.05) is 9.80 Å². The Hall–Kier alpha value is -7.30. The van der Waals surface area contributed by atoms with Gasteiger partial charge in [0.25, 0.3) is 0 Å². The fourth-order valence-electron chi connectivity index (χ4n) is 9.97. The SMILES string of the molecule is C=C/C(=C\c1cc2oc3c(ccc4c5cc6ccc(N(c7ccc(C(C)(C)C)cc7)c7ccc(C(C)(C)C)cc7)cc6cc5oc43)c2cc1C)N(c1ccc(C(C)(C)C)cc1)c1ccc(C(C)(C)C)cc1. The molecule has 0 aliphatic heterocycles. The quantitative estimate of drug-likeness (QED) is 0.142. The highest BCUT2D eigenvalue weighted by Gasteiger charge is 2.23. The zero-order valence-electron chi connectivity index (χ0n) is 44.0. The molecule has 0 aliphatic carbocycles. The van der Waals surface area contributed by atoms with Gasteiger partial charge in [-0.15, -0.1) is 0 Å². The van der Waals surface area contributed by atoms with Crippen molar-refractivity contribution < 1.29 is 8.83 Å². The van der Waals surface area contributed by atoms with Crippen LogP contribution < -0.4 is 9.80 Å². The van der Waals surface area contributed by atoms with E-state index in [-0.39, 0.29) is 21.7 Å². The first-order valence-electron chi connectivity index (χ1n) is 25.2. The summed E-state index contributed by atoms with van der Waals surface area (Å²) in [7, 11) is 0. The molecular weight excluding hydrogens is 865 g/mol. The molecule has 0 unspecified atom stereocenters. The molecule has 0 saturated heterocycles. The molecule has 10 aromatic rings. The molecule has 0 atom stereocenters. The molecule has 0 N–H and O–H groups in total. The van der Waals surface area contributed by atoms with E-state index in [4.69, 9.17) is 8.83 Å². The van der Waals surface area contributed by atoms with E-state index < -0.39 is 0 Å². The van der Waals surface area contributed by atoms with Gasteiger partial charge in [0.15, 0.2) is 11.2 Å². The van der Waals surface area contributed by atoms with Crippen LogP contribution in [0.4, 0.5) is 28.4 Å². The molecule has 0 bridgehead atoms. The lowest BCUT2D eigenvalue weighted by atomic mass is 9.86. The summed E-state index contributed by atoms with van der Waals surface area (Å²) in [6.45, 7) is 33.6. The minimum atomic E-state index is 0.0445. The normalized spacial score (nSPS) is 13.0. The minimum absolute atomic E-state index is 0.0445. The summed E-state index contributed by atoms with van der Waals surface area (Å²) in [5, 5.41) is 6.45. The number of fused-ring (bicyclic) bond motifs is 8. The summed E-state index contributed by atoms with van der Waals surface area (Å²) in [5.41, 5.74) is 17.2. The molecule has 0 radical (unpaired) electrons. The summed E-state index contributed by atoms with van der Waals surface area (Å²) in [4.78, 5) is 4.65. The van der Waals surface area contributed by atoms with Gasteiger partial charge < -0.3 is 18.6 Å². The van der Waals surface area contributed by atoms with E-state index in [0.29, 0.717) is 0 Å². The molecule has 2 aromatic heterocycles. The fourth-order valence-corrected chi connectivity index (χ4v) is 9.97. The Morgan fingerprint density at radius 3 is 1.23 bits per heavy atom. The molecular formula is C67H68N2O2. The predicted octanol–water partition coefficient (Wildman–Crippen LogP) is 20.0. The number of anilines is 5. The first-order valence-corrected chi connectivity index (χ1v) is 25.2. The van der Waals surface area contributed by atoms with Gasteiger partial charge in [-0.05, 0) is 182 Å². The van der Waals surface area contributed by atoms with Crippen molar-refractivity contribution in [3.8, 4) is 0 Å². The molecule has 0 spiro atoms. The number of furan rings is 2. The minimum Gasteiger partial charge on any atom is -0.452 e. The first kappa shape index (κ1) is 47.4. The van der Waals surface area contributed by atoms with Gasteiger partial charge in [0.05, 0.1) is 0 Å². The third-order valence-electron chi connectivity index (χ3n) is 14.4. The van der Waals surface area contributed by atoms with E-state index in [1.807, 2.05) is 6.08 Å². The van der Waals surface area contributed by atoms with Crippen LogP contribution in [0.25, 0.3) is 60.7 Å². The molecule has 10 rings (SSSR count). The summed E-state index contributed by atoms with van der Waals surface area (Å²) in [5.74, 6) is 0. The van der Waals surface area contributed by atoms with Crippen LogP contribution >= 0.6 is 0 Å². The van der Waals surface area contributed by atoms with Crippen molar-refractivity contribution in [3.63, 3.8) is 0 Å². The molecule has 0 amide bonds. The molecule has 71 heavy (non-hydrogen) atoms. The maximum atomic E-state index is 6.86. The molecule has 358 valence electrons. The Labute approximate surface area is 420 Å². The number of hydrogen-bond acceptors (Lipinski definition) is 4. The molecule has 4 nitrogen and oxygen atoms in total. The Balaban J connectivity index is 1.05. The molecule has 0 saturated carbocycles. The lowest BCUT2D eigenvalue weighted by molar-refractivity contribution is 0.590. The van der Waals surface area contributed by atoms with Gasteiger partial charge in [0.2, 0.25) is 0 Å². The van der Waals surface area contributed by atoms with E-state index >= 15 is 0 Å². The topological polar surface area (TPSA) is 32.8 Å². The summed E-state index contributed by atoms with van der Waals surface area (Å²) in [6, 6.07) is 55.9. The van der Waals surface area contributed by atoms with E-state index in [9.17, 15) is 0 Å². The molecule has 0 aliphatic rings. The van der Waals surface area contributed by atoms with Gasteiger partial charge in [-0.2, -0.15) is 0 Å². The van der Waals surface area contributed by atoms with Gasteiger partial charge >= 0.3 is 0 Å². The third-order valence-corrected chi connectivity index (χ3v) is 14.4. The summed E-state index contributed by atoms with van der Waals surface area (Å²) < 4.78 is 13.7. The van der Waals surface area contributed by atoms with E-state index in [1.165, 1.54) is 22.3 Å². The van der Waals surface area contributed by atoms with Crippen LogP contribution in [0.1, 0.15) is 116 Å². The van der Waals surface area contributed by atoms with Crippen molar-refractivity contribution >= 4 is 89.2 Å². The number of allylic oxidation sites excluding steroid dienone is 1. The number of aryl methyl sites for hydroxylation is 1. The highest BCUT2D eigenvalue weighted by Crippen LogP contribution is 2.44. The number of nitrogens with zero attached hydrogens (tertiary/aromatic N) is 2. The lowest BCUT2D eigenvalue weighted by Crippen LogP contribution is -2.17. The maximum absolute atomic E-state index is 6.86. The molecule has 4 heteroatoms. The van der Waals surface area contributed by atoms with Gasteiger partial charge in [-0.3, -0.25) is 0 Å². The van der Waals surface area contributed by atoms with Crippen LogP contribution in [0, 0.1) is 6.92 Å². The number of rotatable bonds is 8. The van der Waals surface area contributed by atoms with E-state index in [2.05, 4.69) is 264 Å². The standard InChI is InChI=1S/C67H68N2O2/c1-15-50(68(51-26-17-46(18-27-51)64(3,4)5)52-28-19-47(20-29-52)65(6,7)8)37-44-40-60-58(36-42(44)2)56-34-35-57-59-39-43-16-25-55(38-45(43)41-61(59)71-63(57)62(56)70-60)69(53-30-21-48(22-31-53)66(9,10)11)54-32-23-49(24-33-54)67(12,13)14/h15-41H,1H2,2-14H3/b50-37+. The van der Waals surface area contributed by atoms with Crippen molar-refractivity contribution in [2.45, 2.75) is 112 Å². The monoisotopic (exact) mass is 933 g/mol. The van der Waals surface area contributed by atoms with Crippen molar-refractivity contribution in [1.29, 1.82) is 0 Å². The zero-order chi connectivity index (χ0) is 50.4. The van der Waals surface area contributed by atoms with Crippen LogP contribution in [0.2, 0.25) is 0 Å². The first-order chi connectivity index (χ1) is 33.5. The second kappa shape index (κ2) is 17.2. The molecule has 2 heterocycles. The van der Waals surface area contributed by atoms with Crippen molar-refractivity contribution in [3.05, 3.63) is 203 Å². The van der Waals surface area contributed by atoms with Crippen molar-refractivity contribution in [1.82, 2.24) is 0 Å². The van der Waals surface area contributed by atoms with Gasteiger partial charge in [0, 0.05) is 55.7 Å². The Morgan fingerprint density at radius 2 is 0.803 bits per heavy atom. The maximum Gasteiger partial charge on any atom is 0.178 e. The highest BCUT2D eigenvalue weighted by molar-refractivity contribution is 6.20. The number of benzene rings is 8. The Bertz CT molecular complexity index is 3550. The van der Waals surface area contributed by atoms with Crippen LogP contribution in [0.15, 0.2) is 179 Å². The van der Waals surface area contributed by atoms with Crippen molar-refractivity contribution in [2.24, 2.45) is 0 Å². The molecule has 8 aromatic carbocycles. The zero-order valence-corrected chi connectivity index (χ0v) is 44.0. The van der Waals surface area contributed by atoms with Gasteiger partial charge in [-0.1, -0.05) is 144 Å².